The van der Waals surface area contributed by atoms with Gasteiger partial charge in [-0.2, -0.15) is 0 Å². The number of carbonyl (C=O) groups is 1. The van der Waals surface area contributed by atoms with E-state index in [1.54, 1.807) is 11.3 Å². The fourth-order valence-electron chi connectivity index (χ4n) is 3.35. The largest absolute Gasteiger partial charge is 0.468 e. The van der Waals surface area contributed by atoms with Gasteiger partial charge in [-0.25, -0.2) is 0 Å². The number of hydrogen-bond donors (Lipinski definition) is 1. The third-order valence-electron chi connectivity index (χ3n) is 4.82. The van der Waals surface area contributed by atoms with Crippen LogP contribution in [0.2, 0.25) is 0 Å². The van der Waals surface area contributed by atoms with Crippen molar-refractivity contribution in [2.24, 2.45) is 11.8 Å². The second kappa shape index (κ2) is 7.41. The summed E-state index contributed by atoms with van der Waals surface area (Å²) in [6.45, 7) is 5.32. The van der Waals surface area contributed by atoms with Crippen molar-refractivity contribution in [3.05, 3.63) is 22.4 Å². The van der Waals surface area contributed by atoms with E-state index in [0.29, 0.717) is 5.92 Å². The maximum atomic E-state index is 12.4. The van der Waals surface area contributed by atoms with Crippen LogP contribution in [0.5, 0.6) is 0 Å². The Balaban J connectivity index is 2.07. The molecule has 0 bridgehead atoms. The van der Waals surface area contributed by atoms with Gasteiger partial charge in [0.1, 0.15) is 5.54 Å². The zero-order valence-corrected chi connectivity index (χ0v) is 14.2. The van der Waals surface area contributed by atoms with Gasteiger partial charge in [-0.1, -0.05) is 32.8 Å². The molecule has 2 rings (SSSR count). The van der Waals surface area contributed by atoms with Gasteiger partial charge in [-0.15, -0.1) is 11.3 Å². The average molecular weight is 309 g/mol. The van der Waals surface area contributed by atoms with Crippen molar-refractivity contribution in [1.82, 2.24) is 5.32 Å². The normalized spacial score (nSPS) is 26.6. The summed E-state index contributed by atoms with van der Waals surface area (Å²) >= 11 is 1.73. The summed E-state index contributed by atoms with van der Waals surface area (Å²) in [6.07, 6.45) is 5.18. The molecule has 1 saturated carbocycles. The number of rotatable bonds is 5. The molecule has 0 saturated heterocycles. The van der Waals surface area contributed by atoms with Crippen molar-refractivity contribution < 1.29 is 9.53 Å². The van der Waals surface area contributed by atoms with Crippen LogP contribution in [0, 0.1) is 11.8 Å². The van der Waals surface area contributed by atoms with Crippen LogP contribution in [0.3, 0.4) is 0 Å². The van der Waals surface area contributed by atoms with Crippen molar-refractivity contribution in [3.8, 4) is 0 Å². The van der Waals surface area contributed by atoms with E-state index >= 15 is 0 Å². The quantitative estimate of drug-likeness (QED) is 0.660. The summed E-state index contributed by atoms with van der Waals surface area (Å²) in [4.78, 5) is 13.7. The third-order valence-corrected chi connectivity index (χ3v) is 5.70. The molecular weight excluding hydrogens is 282 g/mol. The Hall–Kier alpha value is -0.870. The number of methoxy groups -OCH3 is 1. The molecule has 2 atom stereocenters. The Labute approximate surface area is 132 Å². The highest BCUT2D eigenvalue weighted by molar-refractivity contribution is 7.09. The van der Waals surface area contributed by atoms with E-state index in [4.69, 9.17) is 4.74 Å². The van der Waals surface area contributed by atoms with E-state index in [1.807, 2.05) is 6.07 Å². The zero-order chi connectivity index (χ0) is 15.3. The van der Waals surface area contributed by atoms with Gasteiger partial charge in [0, 0.05) is 11.4 Å². The summed E-state index contributed by atoms with van der Waals surface area (Å²) < 4.78 is 5.12. The molecule has 118 valence electrons. The third kappa shape index (κ3) is 4.07. The number of esters is 1. The molecule has 1 aromatic heterocycles. The highest BCUT2D eigenvalue weighted by Gasteiger charge is 2.41. The standard InChI is InChI=1S/C17H27NO2S/c1-13(2)14-6-4-9-17(10-8-14,16(19)20-3)18-12-15-7-5-11-21-15/h5,7,11,13-14,18H,4,6,8-10,12H2,1-3H3. The minimum absolute atomic E-state index is 0.0940. The van der Waals surface area contributed by atoms with Crippen LogP contribution in [0.25, 0.3) is 0 Å². The topological polar surface area (TPSA) is 38.3 Å². The minimum atomic E-state index is -0.498. The van der Waals surface area contributed by atoms with E-state index in [2.05, 4.69) is 30.6 Å². The monoisotopic (exact) mass is 309 g/mol. The number of carbonyl (C=O) groups excluding carboxylic acids is 1. The molecule has 2 unspecified atom stereocenters. The lowest BCUT2D eigenvalue weighted by atomic mass is 9.86. The van der Waals surface area contributed by atoms with Gasteiger partial charge in [0.15, 0.2) is 0 Å². The molecule has 1 heterocycles. The van der Waals surface area contributed by atoms with E-state index in [0.717, 1.165) is 38.1 Å². The molecule has 1 aliphatic carbocycles. The van der Waals surface area contributed by atoms with Gasteiger partial charge in [-0.05, 0) is 42.5 Å². The maximum absolute atomic E-state index is 12.4. The van der Waals surface area contributed by atoms with Gasteiger partial charge >= 0.3 is 5.97 Å². The van der Waals surface area contributed by atoms with Gasteiger partial charge in [0.05, 0.1) is 7.11 Å². The molecule has 0 spiro atoms. The van der Waals surface area contributed by atoms with Crippen LogP contribution in [-0.4, -0.2) is 18.6 Å². The first kappa shape index (κ1) is 16.5. The fourth-order valence-corrected chi connectivity index (χ4v) is 4.00. The molecule has 1 aromatic rings. The second-order valence-electron chi connectivity index (χ2n) is 6.44. The summed E-state index contributed by atoms with van der Waals surface area (Å²) in [6, 6.07) is 4.16. The highest BCUT2D eigenvalue weighted by atomic mass is 32.1. The molecular formula is C17H27NO2S. The molecule has 0 amide bonds. The van der Waals surface area contributed by atoms with Crippen LogP contribution in [0.15, 0.2) is 17.5 Å². The van der Waals surface area contributed by atoms with Gasteiger partial charge < -0.3 is 4.74 Å². The van der Waals surface area contributed by atoms with Crippen molar-refractivity contribution in [2.75, 3.05) is 7.11 Å². The Morgan fingerprint density at radius 1 is 1.48 bits per heavy atom. The minimum Gasteiger partial charge on any atom is -0.468 e. The summed E-state index contributed by atoms with van der Waals surface area (Å²) in [5.74, 6) is 1.32. The fraction of sp³-hybridized carbons (Fsp3) is 0.706. The number of thiophene rings is 1. The first-order valence-electron chi connectivity index (χ1n) is 7.93. The Bertz CT molecular complexity index is 444. The Morgan fingerprint density at radius 2 is 2.29 bits per heavy atom. The van der Waals surface area contributed by atoms with E-state index < -0.39 is 5.54 Å². The molecule has 3 nitrogen and oxygen atoms in total. The Morgan fingerprint density at radius 3 is 2.90 bits per heavy atom. The van der Waals surface area contributed by atoms with Crippen molar-refractivity contribution >= 4 is 17.3 Å². The SMILES string of the molecule is COC(=O)C1(NCc2cccs2)CCCC(C(C)C)CC1. The lowest BCUT2D eigenvalue weighted by Gasteiger charge is -2.31. The predicted octanol–water partition coefficient (Wildman–Crippen LogP) is 3.99. The maximum Gasteiger partial charge on any atom is 0.326 e. The van der Waals surface area contributed by atoms with E-state index in [1.165, 1.54) is 18.4 Å². The molecule has 0 aliphatic heterocycles. The van der Waals surface area contributed by atoms with Crippen LogP contribution in [0.1, 0.15) is 50.8 Å². The number of hydrogen-bond acceptors (Lipinski definition) is 4. The second-order valence-corrected chi connectivity index (χ2v) is 7.47. The summed E-state index contributed by atoms with van der Waals surface area (Å²) in [7, 11) is 1.50. The molecule has 0 radical (unpaired) electrons. The first-order valence-corrected chi connectivity index (χ1v) is 8.81. The van der Waals surface area contributed by atoms with Crippen molar-refractivity contribution in [1.29, 1.82) is 0 Å². The lowest BCUT2D eigenvalue weighted by molar-refractivity contribution is -0.149. The smallest absolute Gasteiger partial charge is 0.326 e. The van der Waals surface area contributed by atoms with Gasteiger partial charge in [-0.3, -0.25) is 10.1 Å². The zero-order valence-electron chi connectivity index (χ0n) is 13.4. The average Bonchev–Trinajstić information content (AvgIpc) is 2.90. The lowest BCUT2D eigenvalue weighted by Crippen LogP contribution is -2.52. The van der Waals surface area contributed by atoms with Gasteiger partial charge in [0.25, 0.3) is 0 Å². The van der Waals surface area contributed by atoms with Crippen LogP contribution in [-0.2, 0) is 16.1 Å². The molecule has 21 heavy (non-hydrogen) atoms. The number of ether oxygens (including phenoxy) is 1. The summed E-state index contributed by atoms with van der Waals surface area (Å²) in [5, 5.41) is 5.60. The molecule has 1 aliphatic rings. The van der Waals surface area contributed by atoms with Crippen molar-refractivity contribution in [3.63, 3.8) is 0 Å². The Kier molecular flexibility index (Phi) is 5.82. The van der Waals surface area contributed by atoms with Crippen LogP contribution in [0.4, 0.5) is 0 Å². The molecule has 1 fully saturated rings. The highest BCUT2D eigenvalue weighted by Crippen LogP contribution is 2.35. The summed E-state index contributed by atoms with van der Waals surface area (Å²) in [5.41, 5.74) is -0.498. The predicted molar refractivity (Wildman–Crippen MR) is 87.3 cm³/mol. The van der Waals surface area contributed by atoms with Gasteiger partial charge in [0.2, 0.25) is 0 Å². The molecule has 0 aromatic carbocycles. The van der Waals surface area contributed by atoms with Crippen LogP contribution >= 0.6 is 11.3 Å². The van der Waals surface area contributed by atoms with E-state index in [9.17, 15) is 4.79 Å². The molecule has 4 heteroatoms. The first-order chi connectivity index (χ1) is 10.1. The van der Waals surface area contributed by atoms with E-state index in [-0.39, 0.29) is 5.97 Å². The van der Waals surface area contributed by atoms with Crippen molar-refractivity contribution in [2.45, 2.75) is 58.0 Å². The molecule has 1 N–H and O–H groups in total. The number of nitrogens with one attached hydrogen (secondary N) is 1. The van der Waals surface area contributed by atoms with Crippen LogP contribution < -0.4 is 5.32 Å².